The first-order valence-electron chi connectivity index (χ1n) is 5.52. The number of hydrogen-bond acceptors (Lipinski definition) is 4. The summed E-state index contributed by atoms with van der Waals surface area (Å²) in [6, 6.07) is 7.39. The predicted molar refractivity (Wildman–Crippen MR) is 61.5 cm³/mol. The third kappa shape index (κ3) is 3.40. The van der Waals surface area contributed by atoms with E-state index >= 15 is 0 Å². The summed E-state index contributed by atoms with van der Waals surface area (Å²) in [5.41, 5.74) is 6.35. The number of rotatable bonds is 5. The Morgan fingerprint density at radius 3 is 3.06 bits per heavy atom. The molecule has 0 radical (unpaired) electrons. The standard InChI is InChI=1S/C12H17NO3/c13-10-2-1-3-11(8-10)15-6-7-16-12-4-5-14-9-12/h1-3,8,12H,4-7,9,13H2. The molecule has 1 fully saturated rings. The van der Waals surface area contributed by atoms with Gasteiger partial charge in [-0.3, -0.25) is 0 Å². The van der Waals surface area contributed by atoms with Gasteiger partial charge < -0.3 is 19.9 Å². The summed E-state index contributed by atoms with van der Waals surface area (Å²) < 4.78 is 16.3. The number of benzene rings is 1. The summed E-state index contributed by atoms with van der Waals surface area (Å²) in [4.78, 5) is 0. The van der Waals surface area contributed by atoms with Gasteiger partial charge in [-0.2, -0.15) is 0 Å². The maximum Gasteiger partial charge on any atom is 0.121 e. The van der Waals surface area contributed by atoms with Crippen molar-refractivity contribution < 1.29 is 14.2 Å². The molecule has 0 aromatic heterocycles. The lowest BCUT2D eigenvalue weighted by Crippen LogP contribution is -2.17. The van der Waals surface area contributed by atoms with Crippen LogP contribution in [0.4, 0.5) is 5.69 Å². The molecular formula is C12H17NO3. The fraction of sp³-hybridized carbons (Fsp3) is 0.500. The highest BCUT2D eigenvalue weighted by Crippen LogP contribution is 2.14. The van der Waals surface area contributed by atoms with Gasteiger partial charge in [0.05, 0.1) is 19.3 Å². The average Bonchev–Trinajstić information content (AvgIpc) is 2.77. The van der Waals surface area contributed by atoms with E-state index in [-0.39, 0.29) is 6.10 Å². The van der Waals surface area contributed by atoms with Gasteiger partial charge in [0.1, 0.15) is 12.4 Å². The number of nitrogen functional groups attached to an aromatic ring is 1. The molecule has 1 aliphatic heterocycles. The van der Waals surface area contributed by atoms with E-state index in [1.165, 1.54) is 0 Å². The van der Waals surface area contributed by atoms with Crippen LogP contribution in [0, 0.1) is 0 Å². The predicted octanol–water partition coefficient (Wildman–Crippen LogP) is 1.45. The Hall–Kier alpha value is -1.26. The van der Waals surface area contributed by atoms with Crippen molar-refractivity contribution in [1.82, 2.24) is 0 Å². The Bertz CT molecular complexity index is 324. The van der Waals surface area contributed by atoms with Gasteiger partial charge in [0.25, 0.3) is 0 Å². The zero-order valence-electron chi connectivity index (χ0n) is 9.22. The number of anilines is 1. The Morgan fingerprint density at radius 1 is 1.38 bits per heavy atom. The molecule has 2 rings (SSSR count). The van der Waals surface area contributed by atoms with E-state index in [1.807, 2.05) is 18.2 Å². The molecule has 2 N–H and O–H groups in total. The second-order valence-electron chi connectivity index (χ2n) is 3.78. The van der Waals surface area contributed by atoms with Gasteiger partial charge in [0.2, 0.25) is 0 Å². The molecule has 4 nitrogen and oxygen atoms in total. The SMILES string of the molecule is Nc1cccc(OCCOC2CCOC2)c1. The Balaban J connectivity index is 1.64. The van der Waals surface area contributed by atoms with Gasteiger partial charge in [0, 0.05) is 18.4 Å². The molecule has 1 aromatic rings. The van der Waals surface area contributed by atoms with Crippen molar-refractivity contribution in [1.29, 1.82) is 0 Å². The maximum absolute atomic E-state index is 5.63. The molecule has 88 valence electrons. The van der Waals surface area contributed by atoms with Crippen LogP contribution < -0.4 is 10.5 Å². The first kappa shape index (κ1) is 11.2. The molecular weight excluding hydrogens is 206 g/mol. The Morgan fingerprint density at radius 2 is 2.31 bits per heavy atom. The molecule has 0 saturated carbocycles. The molecule has 1 heterocycles. The third-order valence-electron chi connectivity index (χ3n) is 2.45. The van der Waals surface area contributed by atoms with Crippen LogP contribution in [0.25, 0.3) is 0 Å². The molecule has 0 amide bonds. The topological polar surface area (TPSA) is 53.7 Å². The highest BCUT2D eigenvalue weighted by molar-refractivity contribution is 5.43. The fourth-order valence-electron chi connectivity index (χ4n) is 1.62. The van der Waals surface area contributed by atoms with Gasteiger partial charge in [0.15, 0.2) is 0 Å². The monoisotopic (exact) mass is 223 g/mol. The second kappa shape index (κ2) is 5.72. The minimum atomic E-state index is 0.240. The van der Waals surface area contributed by atoms with Crippen molar-refractivity contribution in [2.75, 3.05) is 32.2 Å². The smallest absolute Gasteiger partial charge is 0.121 e. The summed E-state index contributed by atoms with van der Waals surface area (Å²) in [5, 5.41) is 0. The Labute approximate surface area is 95.3 Å². The van der Waals surface area contributed by atoms with Crippen molar-refractivity contribution in [3.05, 3.63) is 24.3 Å². The van der Waals surface area contributed by atoms with Gasteiger partial charge in [-0.15, -0.1) is 0 Å². The van der Waals surface area contributed by atoms with Crippen LogP contribution in [-0.2, 0) is 9.47 Å². The van der Waals surface area contributed by atoms with Crippen molar-refractivity contribution >= 4 is 5.69 Å². The molecule has 1 aromatic carbocycles. The molecule has 16 heavy (non-hydrogen) atoms. The van der Waals surface area contributed by atoms with E-state index in [4.69, 9.17) is 19.9 Å². The maximum atomic E-state index is 5.63. The average molecular weight is 223 g/mol. The summed E-state index contributed by atoms with van der Waals surface area (Å²) in [6.07, 6.45) is 1.22. The summed E-state index contributed by atoms with van der Waals surface area (Å²) in [7, 11) is 0. The molecule has 4 heteroatoms. The zero-order chi connectivity index (χ0) is 11.2. The van der Waals surface area contributed by atoms with Crippen molar-refractivity contribution in [3.8, 4) is 5.75 Å². The fourth-order valence-corrected chi connectivity index (χ4v) is 1.62. The van der Waals surface area contributed by atoms with Crippen LogP contribution in [0.1, 0.15) is 6.42 Å². The summed E-state index contributed by atoms with van der Waals surface area (Å²) in [5.74, 6) is 0.784. The van der Waals surface area contributed by atoms with Crippen LogP contribution in [-0.4, -0.2) is 32.5 Å². The largest absolute Gasteiger partial charge is 0.491 e. The highest BCUT2D eigenvalue weighted by Gasteiger charge is 2.15. The molecule has 0 bridgehead atoms. The van der Waals surface area contributed by atoms with E-state index in [9.17, 15) is 0 Å². The van der Waals surface area contributed by atoms with Gasteiger partial charge >= 0.3 is 0 Å². The third-order valence-corrected chi connectivity index (χ3v) is 2.45. The van der Waals surface area contributed by atoms with Crippen LogP contribution >= 0.6 is 0 Å². The molecule has 1 aliphatic rings. The van der Waals surface area contributed by atoms with E-state index in [0.717, 1.165) is 18.8 Å². The number of hydrogen-bond donors (Lipinski definition) is 1. The van der Waals surface area contributed by atoms with E-state index in [1.54, 1.807) is 6.07 Å². The van der Waals surface area contributed by atoms with Gasteiger partial charge in [-0.25, -0.2) is 0 Å². The first-order valence-corrected chi connectivity index (χ1v) is 5.52. The second-order valence-corrected chi connectivity index (χ2v) is 3.78. The molecule has 1 saturated heterocycles. The van der Waals surface area contributed by atoms with Crippen LogP contribution in [0.2, 0.25) is 0 Å². The van der Waals surface area contributed by atoms with Crippen molar-refractivity contribution in [2.24, 2.45) is 0 Å². The zero-order valence-corrected chi connectivity index (χ0v) is 9.22. The lowest BCUT2D eigenvalue weighted by Gasteiger charge is -2.10. The van der Waals surface area contributed by atoms with Crippen molar-refractivity contribution in [2.45, 2.75) is 12.5 Å². The number of ether oxygens (including phenoxy) is 3. The Kier molecular flexibility index (Phi) is 4.02. The van der Waals surface area contributed by atoms with E-state index in [2.05, 4.69) is 0 Å². The summed E-state index contributed by atoms with van der Waals surface area (Å²) in [6.45, 7) is 2.64. The molecule has 0 aliphatic carbocycles. The van der Waals surface area contributed by atoms with Crippen molar-refractivity contribution in [3.63, 3.8) is 0 Å². The molecule has 1 unspecified atom stereocenters. The van der Waals surface area contributed by atoms with Crippen LogP contribution in [0.15, 0.2) is 24.3 Å². The first-order chi connectivity index (χ1) is 7.84. The minimum absolute atomic E-state index is 0.240. The lowest BCUT2D eigenvalue weighted by molar-refractivity contribution is 0.0266. The van der Waals surface area contributed by atoms with E-state index < -0.39 is 0 Å². The number of nitrogens with two attached hydrogens (primary N) is 1. The summed E-state index contributed by atoms with van der Waals surface area (Å²) >= 11 is 0. The van der Waals surface area contributed by atoms with Crippen LogP contribution in [0.5, 0.6) is 5.75 Å². The quantitative estimate of drug-likeness (QED) is 0.606. The van der Waals surface area contributed by atoms with Crippen LogP contribution in [0.3, 0.4) is 0 Å². The van der Waals surface area contributed by atoms with Gasteiger partial charge in [-0.05, 0) is 18.6 Å². The lowest BCUT2D eigenvalue weighted by atomic mass is 10.3. The molecule has 1 atom stereocenters. The minimum Gasteiger partial charge on any atom is -0.491 e. The van der Waals surface area contributed by atoms with Gasteiger partial charge in [-0.1, -0.05) is 6.07 Å². The van der Waals surface area contributed by atoms with E-state index in [0.29, 0.717) is 25.5 Å². The normalized spacial score (nSPS) is 19.9. The highest BCUT2D eigenvalue weighted by atomic mass is 16.6. The molecule has 0 spiro atoms.